The van der Waals surface area contributed by atoms with Gasteiger partial charge in [0.05, 0.1) is 0 Å². The van der Waals surface area contributed by atoms with Gasteiger partial charge >= 0.3 is 35.6 Å². The molecule has 0 bridgehead atoms. The molecule has 5 heteroatoms. The Morgan fingerprint density at radius 3 is 1.19 bits per heavy atom. The van der Waals surface area contributed by atoms with Crippen LogP contribution in [0.5, 0.6) is 0 Å². The Kier molecular flexibility index (Phi) is 12.4. The van der Waals surface area contributed by atoms with E-state index in [2.05, 4.69) is 86.3 Å². The van der Waals surface area contributed by atoms with E-state index in [-0.39, 0.29) is 0 Å². The van der Waals surface area contributed by atoms with Crippen LogP contribution in [0.3, 0.4) is 0 Å². The zero-order valence-corrected chi connectivity index (χ0v) is 22.0. The summed E-state index contributed by atoms with van der Waals surface area (Å²) >= 11 is -0.556. The standard InChI is InChI=1S/C11H18NSi.C10H15.2ClH.Ti/c1-9-7-6-8-10(2)11(9)12-13(3,4)5;1-6-7(2)9(4)10(5)8(6)3;;;/h6-8H,1-5H3;1-5H3;2*1H;/q-1;;;;+2/p-2. The summed E-state index contributed by atoms with van der Waals surface area (Å²) in [6, 6.07) is 6.35. The number of benzene rings is 1. The van der Waals surface area contributed by atoms with Gasteiger partial charge in [-0.25, -0.2) is 0 Å². The van der Waals surface area contributed by atoms with Crippen molar-refractivity contribution in [1.82, 2.24) is 0 Å². The summed E-state index contributed by atoms with van der Waals surface area (Å²) in [7, 11) is 8.44. The van der Waals surface area contributed by atoms with Crippen LogP contribution >= 0.6 is 18.6 Å². The predicted octanol–water partition coefficient (Wildman–Crippen LogP) is 8.49. The molecule has 1 aromatic carbocycles. The van der Waals surface area contributed by atoms with Crippen LogP contribution in [0.15, 0.2) is 18.2 Å². The third-order valence-corrected chi connectivity index (χ3v) is 5.59. The minimum atomic E-state index is -1.34. The first-order chi connectivity index (χ1) is 11.9. The molecule has 1 aromatic rings. The second kappa shape index (κ2) is 12.2. The van der Waals surface area contributed by atoms with E-state index in [4.69, 9.17) is 23.6 Å². The molecule has 0 heterocycles. The fraction of sp³-hybridized carbons (Fsp3) is 0.476. The van der Waals surface area contributed by atoms with Crippen molar-refractivity contribution in [3.8, 4) is 0 Å². The van der Waals surface area contributed by atoms with Gasteiger partial charge in [0.15, 0.2) is 0 Å². The molecular weight excluding hydrogens is 413 g/mol. The molecule has 1 fully saturated rings. The summed E-state index contributed by atoms with van der Waals surface area (Å²) in [5, 5.41) is 0. The molecule has 0 spiro atoms. The maximum atomic E-state index is 4.89. The van der Waals surface area contributed by atoms with Gasteiger partial charge in [0.25, 0.3) is 0 Å². The first kappa shape index (κ1) is 26.5. The van der Waals surface area contributed by atoms with Crippen molar-refractivity contribution in [3.63, 3.8) is 0 Å². The van der Waals surface area contributed by atoms with Crippen molar-refractivity contribution in [2.24, 2.45) is 0 Å². The van der Waals surface area contributed by atoms with Gasteiger partial charge in [0, 0.05) is 0 Å². The molecule has 0 amide bonds. The second-order valence-corrected chi connectivity index (χ2v) is 14.9. The van der Waals surface area contributed by atoms with Gasteiger partial charge in [-0.05, 0) is 51.7 Å². The Hall–Kier alpha value is 0.531. The Morgan fingerprint density at radius 2 is 0.962 bits per heavy atom. The SMILES string of the molecule is C[C]1[C](C)[C](C)[C](C)[C]1C.Cc1cccc(C)c1[N-][Si](C)(C)C.[Cl][Ti][Cl]. The molecule has 0 saturated heterocycles. The summed E-state index contributed by atoms with van der Waals surface area (Å²) in [6.07, 6.45) is 0. The van der Waals surface area contributed by atoms with E-state index in [1.54, 1.807) is 0 Å². The summed E-state index contributed by atoms with van der Waals surface area (Å²) < 4.78 is 0. The van der Waals surface area contributed by atoms with Gasteiger partial charge in [0.2, 0.25) is 0 Å². The number of hydrogen-bond donors (Lipinski definition) is 0. The molecule has 2 rings (SSSR count). The average Bonchev–Trinajstić information content (AvgIpc) is 2.70. The topological polar surface area (TPSA) is 14.1 Å². The first-order valence-corrected chi connectivity index (χ1v) is 16.6. The molecular formula is C21H33Cl2NSiTi-. The van der Waals surface area contributed by atoms with Crippen LogP contribution in [0.4, 0.5) is 5.69 Å². The third kappa shape index (κ3) is 8.69. The van der Waals surface area contributed by atoms with Crippen molar-refractivity contribution in [1.29, 1.82) is 0 Å². The van der Waals surface area contributed by atoms with Crippen LogP contribution in [0.2, 0.25) is 19.6 Å². The minimum absolute atomic E-state index is 0.556. The summed E-state index contributed by atoms with van der Waals surface area (Å²) in [5.74, 6) is 7.34. The van der Waals surface area contributed by atoms with E-state index >= 15 is 0 Å². The molecule has 1 aliphatic rings. The molecule has 1 nitrogen and oxygen atoms in total. The number of halogens is 2. The second-order valence-electron chi connectivity index (χ2n) is 7.72. The summed E-state index contributed by atoms with van der Waals surface area (Å²) in [5.41, 5.74) is 3.80. The maximum absolute atomic E-state index is 4.89. The zero-order chi connectivity index (χ0) is 20.7. The molecule has 0 N–H and O–H groups in total. The summed E-state index contributed by atoms with van der Waals surface area (Å²) in [6.45, 7) is 22.0. The summed E-state index contributed by atoms with van der Waals surface area (Å²) in [4.78, 5) is 4.83. The molecule has 26 heavy (non-hydrogen) atoms. The van der Waals surface area contributed by atoms with Gasteiger partial charge in [-0.2, -0.15) is 0 Å². The van der Waals surface area contributed by atoms with Crippen molar-refractivity contribution in [2.75, 3.05) is 0 Å². The number of nitrogens with zero attached hydrogens (tertiary/aromatic N) is 1. The normalized spacial score (nSPS) is 17.2. The van der Waals surface area contributed by atoms with Crippen LogP contribution < -0.4 is 0 Å². The van der Waals surface area contributed by atoms with Gasteiger partial charge < -0.3 is 4.98 Å². The number of rotatable bonds is 2. The molecule has 0 atom stereocenters. The van der Waals surface area contributed by atoms with Crippen LogP contribution in [0.25, 0.3) is 4.98 Å². The molecule has 145 valence electrons. The van der Waals surface area contributed by atoms with E-state index in [1.165, 1.54) is 46.4 Å². The van der Waals surface area contributed by atoms with Crippen molar-refractivity contribution in [2.45, 2.75) is 68.1 Å². The van der Waals surface area contributed by atoms with E-state index in [0.717, 1.165) is 0 Å². The van der Waals surface area contributed by atoms with Crippen molar-refractivity contribution >= 4 is 32.5 Å². The molecule has 0 aliphatic heterocycles. The quantitative estimate of drug-likeness (QED) is 0.405. The third-order valence-electron chi connectivity index (χ3n) is 4.70. The van der Waals surface area contributed by atoms with E-state index in [9.17, 15) is 0 Å². The zero-order valence-electron chi connectivity index (χ0n) is 17.9. The average molecular weight is 446 g/mol. The van der Waals surface area contributed by atoms with Crippen LogP contribution in [0.1, 0.15) is 45.7 Å². The predicted molar refractivity (Wildman–Crippen MR) is 119 cm³/mol. The monoisotopic (exact) mass is 445 g/mol. The fourth-order valence-electron chi connectivity index (χ4n) is 2.72. The van der Waals surface area contributed by atoms with Gasteiger partial charge in [0.1, 0.15) is 0 Å². The van der Waals surface area contributed by atoms with E-state index in [1.807, 2.05) is 0 Å². The number of hydrogen-bond acceptors (Lipinski definition) is 0. The number of aryl methyl sites for hydroxylation is 2. The van der Waals surface area contributed by atoms with Crippen molar-refractivity contribution in [3.05, 3.63) is 63.9 Å². The van der Waals surface area contributed by atoms with E-state index < -0.39 is 25.3 Å². The first-order valence-electron chi connectivity index (χ1n) is 8.82. The Morgan fingerprint density at radius 1 is 0.692 bits per heavy atom. The molecule has 5 radical (unpaired) electrons. The molecule has 0 unspecified atom stereocenters. The van der Waals surface area contributed by atoms with Gasteiger partial charge in [-0.1, -0.05) is 83.6 Å². The Bertz CT molecular complexity index is 468. The van der Waals surface area contributed by atoms with Gasteiger partial charge in [-0.3, -0.25) is 0 Å². The Balaban J connectivity index is 0.000000428. The molecule has 1 aliphatic carbocycles. The van der Waals surface area contributed by atoms with E-state index in [0.29, 0.717) is 0 Å². The van der Waals surface area contributed by atoms with Crippen LogP contribution in [0, 0.1) is 43.4 Å². The van der Waals surface area contributed by atoms with Crippen molar-refractivity contribution < 1.29 is 17.0 Å². The van der Waals surface area contributed by atoms with Gasteiger partial charge in [-0.15, -0.1) is 5.69 Å². The molecule has 0 aromatic heterocycles. The molecule has 1 saturated carbocycles. The fourth-order valence-corrected chi connectivity index (χ4v) is 3.75. The van der Waals surface area contributed by atoms with Crippen LogP contribution in [-0.4, -0.2) is 8.24 Å². The Labute approximate surface area is 180 Å². The van der Waals surface area contributed by atoms with Crippen LogP contribution in [-0.2, 0) is 17.0 Å².